The number of aliphatic carboxylic acids is 1. The fraction of sp³-hybridized carbons (Fsp3) is 0.583. The first-order valence-corrected chi connectivity index (χ1v) is 6.63. The number of hydrogen-bond acceptors (Lipinski definition) is 4. The number of amides is 1. The molecule has 0 aromatic carbocycles. The molecule has 1 fully saturated rings. The Balaban J connectivity index is 1.92. The summed E-state index contributed by atoms with van der Waals surface area (Å²) in [5.41, 5.74) is 0.365. The first kappa shape index (κ1) is 13.0. The second-order valence-electron chi connectivity index (χ2n) is 5.19. The van der Waals surface area contributed by atoms with E-state index >= 15 is 0 Å². The molecule has 1 saturated carbocycles. The highest BCUT2D eigenvalue weighted by Gasteiger charge is 2.65. The summed E-state index contributed by atoms with van der Waals surface area (Å²) >= 11 is 1.53. The third-order valence-corrected chi connectivity index (χ3v) is 4.31. The van der Waals surface area contributed by atoms with Crippen molar-refractivity contribution in [1.29, 1.82) is 0 Å². The molecule has 2 N–H and O–H groups in total. The molecule has 18 heavy (non-hydrogen) atoms. The van der Waals surface area contributed by atoms with E-state index in [0.29, 0.717) is 6.54 Å². The van der Waals surface area contributed by atoms with Crippen LogP contribution in [-0.2, 0) is 16.1 Å². The van der Waals surface area contributed by atoms with Gasteiger partial charge in [-0.2, -0.15) is 0 Å². The number of nitrogens with zero attached hydrogens (tertiary/aromatic N) is 1. The van der Waals surface area contributed by atoms with Gasteiger partial charge in [-0.15, -0.1) is 11.3 Å². The lowest BCUT2D eigenvalue weighted by molar-refractivity contribution is -0.140. The standard InChI is InChI=1S/C12H16N2O3S/c1-6-14-7(5-18-6)4-13-10(15)8-9(11(16)17)12(8,2)3/h5,8-9H,4H2,1-3H3,(H,13,15)(H,16,17). The highest BCUT2D eigenvalue weighted by molar-refractivity contribution is 7.09. The average molecular weight is 268 g/mol. The SMILES string of the molecule is Cc1nc(CNC(=O)C2C(C(=O)O)C2(C)C)cs1. The van der Waals surface area contributed by atoms with Gasteiger partial charge in [-0.1, -0.05) is 13.8 Å². The van der Waals surface area contributed by atoms with Crippen LogP contribution in [0.1, 0.15) is 24.5 Å². The van der Waals surface area contributed by atoms with E-state index in [-0.39, 0.29) is 5.91 Å². The summed E-state index contributed by atoms with van der Waals surface area (Å²) in [6, 6.07) is 0. The molecule has 5 nitrogen and oxygen atoms in total. The Labute approximate surface area is 109 Å². The molecule has 0 radical (unpaired) electrons. The molecule has 98 valence electrons. The van der Waals surface area contributed by atoms with E-state index in [9.17, 15) is 9.59 Å². The lowest BCUT2D eigenvalue weighted by Gasteiger charge is -2.03. The maximum absolute atomic E-state index is 11.9. The quantitative estimate of drug-likeness (QED) is 0.865. The fourth-order valence-corrected chi connectivity index (χ4v) is 2.98. The first-order valence-electron chi connectivity index (χ1n) is 5.75. The third-order valence-electron chi connectivity index (χ3n) is 3.49. The highest BCUT2D eigenvalue weighted by atomic mass is 32.1. The number of rotatable bonds is 4. The van der Waals surface area contributed by atoms with Crippen molar-refractivity contribution in [3.05, 3.63) is 16.1 Å². The van der Waals surface area contributed by atoms with Gasteiger partial charge in [0, 0.05) is 5.38 Å². The topological polar surface area (TPSA) is 79.3 Å². The minimum absolute atomic E-state index is 0.196. The zero-order valence-corrected chi connectivity index (χ0v) is 11.4. The fourth-order valence-electron chi connectivity index (χ4n) is 2.37. The number of carboxylic acids is 1. The molecule has 2 rings (SSSR count). The summed E-state index contributed by atoms with van der Waals surface area (Å²) < 4.78 is 0. The molecular formula is C12H16N2O3S. The van der Waals surface area contributed by atoms with Crippen LogP contribution in [0.25, 0.3) is 0 Å². The van der Waals surface area contributed by atoms with Gasteiger partial charge in [-0.05, 0) is 12.3 Å². The number of aryl methyl sites for hydroxylation is 1. The molecule has 0 spiro atoms. The zero-order valence-electron chi connectivity index (χ0n) is 10.6. The van der Waals surface area contributed by atoms with Crippen LogP contribution in [0.4, 0.5) is 0 Å². The molecule has 0 bridgehead atoms. The molecule has 1 aromatic heterocycles. The van der Waals surface area contributed by atoms with Crippen molar-refractivity contribution >= 4 is 23.2 Å². The van der Waals surface area contributed by atoms with E-state index in [0.717, 1.165) is 10.7 Å². The Kier molecular flexibility index (Phi) is 3.14. The summed E-state index contributed by atoms with van der Waals surface area (Å²) in [7, 11) is 0. The number of carbonyl (C=O) groups excluding carboxylic acids is 1. The van der Waals surface area contributed by atoms with Crippen molar-refractivity contribution in [2.24, 2.45) is 17.3 Å². The lowest BCUT2D eigenvalue weighted by Crippen LogP contribution is -2.26. The minimum Gasteiger partial charge on any atom is -0.481 e. The monoisotopic (exact) mass is 268 g/mol. The van der Waals surface area contributed by atoms with Gasteiger partial charge in [0.15, 0.2) is 0 Å². The van der Waals surface area contributed by atoms with Crippen LogP contribution in [0.2, 0.25) is 0 Å². The second-order valence-corrected chi connectivity index (χ2v) is 6.25. The van der Waals surface area contributed by atoms with Crippen LogP contribution in [0, 0.1) is 24.2 Å². The van der Waals surface area contributed by atoms with Crippen LogP contribution in [0.15, 0.2) is 5.38 Å². The maximum atomic E-state index is 11.9. The molecular weight excluding hydrogens is 252 g/mol. The summed E-state index contributed by atoms with van der Waals surface area (Å²) in [6.07, 6.45) is 0. The Bertz CT molecular complexity index is 495. The number of carbonyl (C=O) groups is 2. The van der Waals surface area contributed by atoms with Crippen LogP contribution in [-0.4, -0.2) is 22.0 Å². The van der Waals surface area contributed by atoms with E-state index in [1.54, 1.807) is 0 Å². The minimum atomic E-state index is -0.898. The number of nitrogens with one attached hydrogen (secondary N) is 1. The van der Waals surface area contributed by atoms with Gasteiger partial charge in [0.05, 0.1) is 29.1 Å². The molecule has 1 amide bonds. The van der Waals surface area contributed by atoms with Crippen molar-refractivity contribution in [3.8, 4) is 0 Å². The Hall–Kier alpha value is -1.43. The highest BCUT2D eigenvalue weighted by Crippen LogP contribution is 2.58. The molecule has 2 atom stereocenters. The van der Waals surface area contributed by atoms with Gasteiger partial charge in [-0.25, -0.2) is 4.98 Å². The van der Waals surface area contributed by atoms with Gasteiger partial charge in [0.1, 0.15) is 0 Å². The molecule has 1 heterocycles. The van der Waals surface area contributed by atoms with E-state index < -0.39 is 23.2 Å². The molecule has 1 aromatic rings. The van der Waals surface area contributed by atoms with Crippen molar-refractivity contribution < 1.29 is 14.7 Å². The van der Waals surface area contributed by atoms with Crippen LogP contribution >= 0.6 is 11.3 Å². The van der Waals surface area contributed by atoms with E-state index in [1.807, 2.05) is 26.2 Å². The summed E-state index contributed by atoms with van der Waals surface area (Å²) in [6.45, 7) is 5.88. The molecule has 0 aliphatic heterocycles. The van der Waals surface area contributed by atoms with E-state index in [1.165, 1.54) is 11.3 Å². The summed E-state index contributed by atoms with van der Waals surface area (Å²) in [5, 5.41) is 14.6. The molecule has 2 unspecified atom stereocenters. The number of hydrogen-bond donors (Lipinski definition) is 2. The van der Waals surface area contributed by atoms with Gasteiger partial charge in [0.2, 0.25) is 5.91 Å². The zero-order chi connectivity index (χ0) is 13.5. The number of thiazole rings is 1. The second kappa shape index (κ2) is 4.35. The summed E-state index contributed by atoms with van der Waals surface area (Å²) in [5.74, 6) is -2.10. The van der Waals surface area contributed by atoms with Crippen molar-refractivity contribution in [2.75, 3.05) is 0 Å². The largest absolute Gasteiger partial charge is 0.481 e. The molecule has 1 aliphatic carbocycles. The van der Waals surface area contributed by atoms with Crippen LogP contribution < -0.4 is 5.32 Å². The third kappa shape index (κ3) is 2.25. The van der Waals surface area contributed by atoms with Crippen molar-refractivity contribution in [1.82, 2.24) is 10.3 Å². The summed E-state index contributed by atoms with van der Waals surface area (Å²) in [4.78, 5) is 27.1. The Morgan fingerprint density at radius 1 is 1.50 bits per heavy atom. The molecule has 1 aliphatic rings. The Morgan fingerprint density at radius 3 is 2.61 bits per heavy atom. The Morgan fingerprint density at radius 2 is 2.17 bits per heavy atom. The normalized spacial score (nSPS) is 24.6. The predicted octanol–water partition coefficient (Wildman–Crippen LogP) is 1.42. The van der Waals surface area contributed by atoms with Gasteiger partial charge < -0.3 is 10.4 Å². The van der Waals surface area contributed by atoms with Crippen LogP contribution in [0.5, 0.6) is 0 Å². The van der Waals surface area contributed by atoms with E-state index in [4.69, 9.17) is 5.11 Å². The smallest absolute Gasteiger partial charge is 0.307 e. The van der Waals surface area contributed by atoms with Crippen molar-refractivity contribution in [3.63, 3.8) is 0 Å². The molecule has 6 heteroatoms. The lowest BCUT2D eigenvalue weighted by atomic mass is 10.1. The van der Waals surface area contributed by atoms with Crippen molar-refractivity contribution in [2.45, 2.75) is 27.3 Å². The van der Waals surface area contributed by atoms with Gasteiger partial charge >= 0.3 is 5.97 Å². The number of carboxylic acid groups (broad SMARTS) is 1. The van der Waals surface area contributed by atoms with Gasteiger partial charge in [0.25, 0.3) is 0 Å². The van der Waals surface area contributed by atoms with Crippen LogP contribution in [0.3, 0.4) is 0 Å². The maximum Gasteiger partial charge on any atom is 0.307 e. The number of aromatic nitrogens is 1. The van der Waals surface area contributed by atoms with E-state index in [2.05, 4.69) is 10.3 Å². The first-order chi connectivity index (χ1) is 8.34. The molecule has 0 saturated heterocycles. The average Bonchev–Trinajstić information content (AvgIpc) is 2.63. The predicted molar refractivity (Wildman–Crippen MR) is 67.1 cm³/mol. The van der Waals surface area contributed by atoms with Gasteiger partial charge in [-0.3, -0.25) is 9.59 Å².